The lowest BCUT2D eigenvalue weighted by Gasteiger charge is -2.25. The first-order valence-corrected chi connectivity index (χ1v) is 6.71. The van der Waals surface area contributed by atoms with Crippen molar-refractivity contribution in [1.82, 2.24) is 0 Å². The summed E-state index contributed by atoms with van der Waals surface area (Å²) in [5.41, 5.74) is 2.07. The topological polar surface area (TPSA) is 41.3 Å². The van der Waals surface area contributed by atoms with Crippen LogP contribution in [0.25, 0.3) is 0 Å². The van der Waals surface area contributed by atoms with Gasteiger partial charge in [0.15, 0.2) is 0 Å². The second-order valence-corrected chi connectivity index (χ2v) is 4.98. The smallest absolute Gasteiger partial charge is 0.117 e. The Bertz CT molecular complexity index is 461. The van der Waals surface area contributed by atoms with Crippen molar-refractivity contribution in [3.63, 3.8) is 0 Å². The van der Waals surface area contributed by atoms with E-state index in [1.807, 2.05) is 60.7 Å². The number of alkyl halides is 1. The van der Waals surface area contributed by atoms with Gasteiger partial charge < -0.3 is 5.32 Å². The van der Waals surface area contributed by atoms with Crippen LogP contribution in [0, 0.1) is 0 Å². The van der Waals surface area contributed by atoms with Gasteiger partial charge in [0.05, 0.1) is 5.69 Å². The van der Waals surface area contributed by atoms with Crippen LogP contribution in [-0.2, 0) is 0 Å². The average molecular weight is 306 g/mol. The molecule has 1 atom stereocenters. The maximum Gasteiger partial charge on any atom is 0.117 e. The van der Waals surface area contributed by atoms with Gasteiger partial charge in [0, 0.05) is 12.2 Å². The van der Waals surface area contributed by atoms with E-state index in [9.17, 15) is 0 Å². The van der Waals surface area contributed by atoms with Gasteiger partial charge in [-0.1, -0.05) is 52.3 Å². The van der Waals surface area contributed by atoms with Crippen LogP contribution in [0.3, 0.4) is 0 Å². The van der Waals surface area contributed by atoms with E-state index >= 15 is 0 Å². The largest absolute Gasteiger partial charge is 0.382 e. The SMILES string of the molecule is NN(c1ccccc1)C(Br)CNc1ccccc1. The highest BCUT2D eigenvalue weighted by Gasteiger charge is 2.11. The van der Waals surface area contributed by atoms with Crippen molar-refractivity contribution < 1.29 is 0 Å². The summed E-state index contributed by atoms with van der Waals surface area (Å²) in [4.78, 5) is 0.0279. The Morgan fingerprint density at radius 2 is 1.56 bits per heavy atom. The first-order valence-electron chi connectivity index (χ1n) is 5.79. The molecule has 0 aliphatic heterocycles. The third-order valence-electron chi connectivity index (χ3n) is 2.60. The number of anilines is 2. The van der Waals surface area contributed by atoms with Crippen LogP contribution in [0.2, 0.25) is 0 Å². The molecule has 1 unspecified atom stereocenters. The van der Waals surface area contributed by atoms with Gasteiger partial charge in [-0.3, -0.25) is 5.01 Å². The van der Waals surface area contributed by atoms with Crippen LogP contribution in [0.4, 0.5) is 11.4 Å². The van der Waals surface area contributed by atoms with Gasteiger partial charge in [0.2, 0.25) is 0 Å². The lowest BCUT2D eigenvalue weighted by atomic mass is 10.3. The van der Waals surface area contributed by atoms with E-state index in [2.05, 4.69) is 21.2 Å². The maximum absolute atomic E-state index is 6.05. The van der Waals surface area contributed by atoms with Crippen molar-refractivity contribution in [2.45, 2.75) is 4.95 Å². The number of hydrogen-bond acceptors (Lipinski definition) is 3. The predicted octanol–water partition coefficient (Wildman–Crippen LogP) is 3.20. The van der Waals surface area contributed by atoms with Crippen LogP contribution in [0.1, 0.15) is 0 Å². The Kier molecular flexibility index (Phi) is 4.61. The molecule has 0 fully saturated rings. The highest BCUT2D eigenvalue weighted by atomic mass is 79.9. The molecule has 3 N–H and O–H groups in total. The zero-order chi connectivity index (χ0) is 12.8. The van der Waals surface area contributed by atoms with Crippen LogP contribution in [0.5, 0.6) is 0 Å². The van der Waals surface area contributed by atoms with E-state index in [0.717, 1.165) is 17.9 Å². The van der Waals surface area contributed by atoms with Gasteiger partial charge in [0.1, 0.15) is 4.95 Å². The first kappa shape index (κ1) is 12.9. The second-order valence-electron chi connectivity index (χ2n) is 3.92. The zero-order valence-corrected chi connectivity index (χ0v) is 11.5. The Balaban J connectivity index is 1.90. The molecule has 0 aromatic heterocycles. The molecule has 0 heterocycles. The third-order valence-corrected chi connectivity index (χ3v) is 3.37. The number of nitrogens with one attached hydrogen (secondary N) is 1. The third kappa shape index (κ3) is 3.48. The van der Waals surface area contributed by atoms with Crippen LogP contribution >= 0.6 is 15.9 Å². The molecule has 94 valence electrons. The Hall–Kier alpha value is -1.52. The summed E-state index contributed by atoms with van der Waals surface area (Å²) in [6, 6.07) is 19.9. The summed E-state index contributed by atoms with van der Waals surface area (Å²) in [6.07, 6.45) is 0. The van der Waals surface area contributed by atoms with Gasteiger partial charge in [-0.2, -0.15) is 0 Å². The van der Waals surface area contributed by atoms with Gasteiger partial charge in [-0.15, -0.1) is 0 Å². The molecule has 0 amide bonds. The number of benzene rings is 2. The molecule has 0 aliphatic carbocycles. The number of hydrogen-bond donors (Lipinski definition) is 2. The summed E-state index contributed by atoms with van der Waals surface area (Å²) >= 11 is 3.58. The summed E-state index contributed by atoms with van der Waals surface area (Å²) in [5.74, 6) is 6.05. The molecule has 18 heavy (non-hydrogen) atoms. The minimum absolute atomic E-state index is 0.0279. The summed E-state index contributed by atoms with van der Waals surface area (Å²) < 4.78 is 0. The Morgan fingerprint density at radius 1 is 1.00 bits per heavy atom. The van der Waals surface area contributed by atoms with Crippen molar-refractivity contribution in [1.29, 1.82) is 0 Å². The summed E-state index contributed by atoms with van der Waals surface area (Å²) in [7, 11) is 0. The minimum Gasteiger partial charge on any atom is -0.382 e. The van der Waals surface area contributed by atoms with Crippen molar-refractivity contribution in [3.8, 4) is 0 Å². The molecule has 4 heteroatoms. The van der Waals surface area contributed by atoms with Crippen LogP contribution in [0.15, 0.2) is 60.7 Å². The monoisotopic (exact) mass is 305 g/mol. The van der Waals surface area contributed by atoms with E-state index in [-0.39, 0.29) is 4.95 Å². The fraction of sp³-hybridized carbons (Fsp3) is 0.143. The highest BCUT2D eigenvalue weighted by Crippen LogP contribution is 2.16. The van der Waals surface area contributed by atoms with Gasteiger partial charge >= 0.3 is 0 Å². The van der Waals surface area contributed by atoms with Crippen LogP contribution < -0.4 is 16.2 Å². The lowest BCUT2D eigenvalue weighted by Crippen LogP contribution is -2.41. The van der Waals surface area contributed by atoms with Crippen molar-refractivity contribution >= 4 is 27.3 Å². The fourth-order valence-electron chi connectivity index (χ4n) is 1.62. The normalized spacial score (nSPS) is 11.9. The molecule has 2 aromatic carbocycles. The standard InChI is InChI=1S/C14H16BrN3/c15-14(11-17-12-7-3-1-4-8-12)18(16)13-9-5-2-6-10-13/h1-10,14,17H,11,16H2. The number of nitrogens with zero attached hydrogens (tertiary/aromatic N) is 1. The quantitative estimate of drug-likeness (QED) is 0.386. The maximum atomic E-state index is 6.05. The molecule has 0 spiro atoms. The Morgan fingerprint density at radius 3 is 2.17 bits per heavy atom. The van der Waals surface area contributed by atoms with Crippen molar-refractivity contribution in [2.75, 3.05) is 16.9 Å². The first-order chi connectivity index (χ1) is 8.77. The summed E-state index contributed by atoms with van der Waals surface area (Å²) in [5, 5.41) is 5.03. The zero-order valence-electron chi connectivity index (χ0n) is 9.96. The number of para-hydroxylation sites is 2. The van der Waals surface area contributed by atoms with E-state index in [4.69, 9.17) is 5.84 Å². The van der Waals surface area contributed by atoms with Crippen molar-refractivity contribution in [2.24, 2.45) is 5.84 Å². The predicted molar refractivity (Wildman–Crippen MR) is 80.8 cm³/mol. The number of nitrogens with two attached hydrogens (primary N) is 1. The molecule has 2 aromatic rings. The molecule has 3 nitrogen and oxygen atoms in total. The van der Waals surface area contributed by atoms with E-state index in [0.29, 0.717) is 0 Å². The van der Waals surface area contributed by atoms with Crippen LogP contribution in [-0.4, -0.2) is 11.5 Å². The molecular weight excluding hydrogens is 290 g/mol. The number of hydrazine groups is 1. The Labute approximate surface area is 116 Å². The average Bonchev–Trinajstić information content (AvgIpc) is 2.46. The molecule has 0 radical (unpaired) electrons. The minimum atomic E-state index is 0.0279. The van der Waals surface area contributed by atoms with Gasteiger partial charge in [-0.25, -0.2) is 5.84 Å². The van der Waals surface area contributed by atoms with E-state index in [1.54, 1.807) is 5.01 Å². The number of halogens is 1. The van der Waals surface area contributed by atoms with E-state index in [1.165, 1.54) is 0 Å². The molecule has 0 saturated carbocycles. The second kappa shape index (κ2) is 6.42. The molecule has 0 aliphatic rings. The fourth-order valence-corrected chi connectivity index (χ4v) is 2.02. The molecule has 0 bridgehead atoms. The van der Waals surface area contributed by atoms with Gasteiger partial charge in [0.25, 0.3) is 0 Å². The lowest BCUT2D eigenvalue weighted by molar-refractivity contribution is 0.816. The van der Waals surface area contributed by atoms with Crippen molar-refractivity contribution in [3.05, 3.63) is 60.7 Å². The van der Waals surface area contributed by atoms with E-state index < -0.39 is 0 Å². The summed E-state index contributed by atoms with van der Waals surface area (Å²) in [6.45, 7) is 0.718. The molecule has 2 rings (SSSR count). The molecule has 0 saturated heterocycles. The number of rotatable bonds is 5. The van der Waals surface area contributed by atoms with Gasteiger partial charge in [-0.05, 0) is 24.3 Å². The molecular formula is C14H16BrN3. The highest BCUT2D eigenvalue weighted by molar-refractivity contribution is 9.09.